The lowest BCUT2D eigenvalue weighted by atomic mass is 9.76. The Morgan fingerprint density at radius 2 is 2.18 bits per heavy atom. The Hall–Kier alpha value is -1.62. The van der Waals surface area contributed by atoms with Crippen LogP contribution < -0.4 is 10.6 Å². The quantitative estimate of drug-likeness (QED) is 0.877. The van der Waals surface area contributed by atoms with Crippen molar-refractivity contribution >= 4 is 6.09 Å². The third-order valence-electron chi connectivity index (χ3n) is 4.01. The van der Waals surface area contributed by atoms with Crippen LogP contribution in [0.3, 0.4) is 0 Å². The van der Waals surface area contributed by atoms with Gasteiger partial charge in [-0.15, -0.1) is 0 Å². The number of carbonyl (C=O) groups excluding carboxylic acids is 1. The molecule has 5 heteroatoms. The Morgan fingerprint density at radius 3 is 2.68 bits per heavy atom. The second-order valence-electron chi connectivity index (χ2n) is 7.15. The lowest BCUT2D eigenvalue weighted by Crippen LogP contribution is -2.60. The molecule has 0 aliphatic heterocycles. The van der Waals surface area contributed by atoms with E-state index < -0.39 is 5.60 Å². The minimum Gasteiger partial charge on any atom is -0.444 e. The molecule has 1 aliphatic carbocycles. The summed E-state index contributed by atoms with van der Waals surface area (Å²) in [6.07, 6.45) is 6.42. The first-order valence-electron chi connectivity index (χ1n) is 7.94. The van der Waals surface area contributed by atoms with E-state index in [9.17, 15) is 4.79 Å². The number of carbonyl (C=O) groups is 1. The molecular formula is C17H27N3O2. The molecule has 1 atom stereocenters. The minimum absolute atomic E-state index is 0.182. The maximum absolute atomic E-state index is 12.0. The van der Waals surface area contributed by atoms with Gasteiger partial charge in [0.2, 0.25) is 0 Å². The summed E-state index contributed by atoms with van der Waals surface area (Å²) in [5.41, 5.74) is 0.499. The van der Waals surface area contributed by atoms with Crippen LogP contribution in [0.4, 0.5) is 4.79 Å². The van der Waals surface area contributed by atoms with Gasteiger partial charge in [0.25, 0.3) is 0 Å². The van der Waals surface area contributed by atoms with Crippen molar-refractivity contribution in [3.63, 3.8) is 0 Å². The van der Waals surface area contributed by atoms with E-state index in [2.05, 4.69) is 28.6 Å². The van der Waals surface area contributed by atoms with Crippen molar-refractivity contribution in [2.75, 3.05) is 6.54 Å². The highest BCUT2D eigenvalue weighted by Crippen LogP contribution is 2.32. The zero-order chi connectivity index (χ0) is 16.2. The molecule has 1 saturated carbocycles. The maximum Gasteiger partial charge on any atom is 0.408 e. The Bertz CT molecular complexity index is 492. The molecule has 5 nitrogen and oxygen atoms in total. The van der Waals surface area contributed by atoms with E-state index in [1.54, 1.807) is 6.20 Å². The fourth-order valence-electron chi connectivity index (χ4n) is 2.57. The van der Waals surface area contributed by atoms with Crippen molar-refractivity contribution in [3.8, 4) is 0 Å². The summed E-state index contributed by atoms with van der Waals surface area (Å²) in [5.74, 6) is 0. The van der Waals surface area contributed by atoms with Crippen LogP contribution in [-0.4, -0.2) is 28.8 Å². The van der Waals surface area contributed by atoms with Gasteiger partial charge in [0.1, 0.15) is 5.60 Å². The van der Waals surface area contributed by atoms with Gasteiger partial charge in [-0.05, 0) is 58.6 Å². The van der Waals surface area contributed by atoms with E-state index in [-0.39, 0.29) is 17.7 Å². The van der Waals surface area contributed by atoms with Gasteiger partial charge >= 0.3 is 6.09 Å². The van der Waals surface area contributed by atoms with Crippen LogP contribution >= 0.6 is 0 Å². The van der Waals surface area contributed by atoms with Gasteiger partial charge in [-0.25, -0.2) is 4.79 Å². The van der Waals surface area contributed by atoms with Crippen LogP contribution in [-0.2, 0) is 4.74 Å². The Morgan fingerprint density at radius 1 is 1.45 bits per heavy atom. The Balaban J connectivity index is 1.87. The number of hydrogen-bond donors (Lipinski definition) is 2. The van der Waals surface area contributed by atoms with Crippen molar-refractivity contribution in [3.05, 3.63) is 30.1 Å². The summed E-state index contributed by atoms with van der Waals surface area (Å²) in [7, 11) is 0. The van der Waals surface area contributed by atoms with Crippen LogP contribution in [0.15, 0.2) is 24.5 Å². The minimum atomic E-state index is -0.467. The summed E-state index contributed by atoms with van der Waals surface area (Å²) < 4.78 is 5.37. The zero-order valence-electron chi connectivity index (χ0n) is 14.0. The molecule has 0 bridgehead atoms. The highest BCUT2D eigenvalue weighted by molar-refractivity contribution is 5.69. The molecule has 1 heterocycles. The molecule has 2 N–H and O–H groups in total. The largest absolute Gasteiger partial charge is 0.444 e. The van der Waals surface area contributed by atoms with Gasteiger partial charge in [-0.2, -0.15) is 0 Å². The standard InChI is InChI=1S/C17H27N3O2/c1-13(14-7-5-10-18-11-14)19-12-17(8-6-9-17)20-15(21)22-16(2,3)4/h5,7,10-11,13,19H,6,8-9,12H2,1-4H3,(H,20,21). The second-order valence-corrected chi connectivity index (χ2v) is 7.15. The van der Waals surface area contributed by atoms with Crippen molar-refractivity contribution in [1.29, 1.82) is 0 Å². The molecule has 1 aliphatic rings. The number of aromatic nitrogens is 1. The first kappa shape index (κ1) is 16.7. The van der Waals surface area contributed by atoms with E-state index in [1.807, 2.05) is 33.0 Å². The molecule has 1 aromatic rings. The summed E-state index contributed by atoms with van der Waals surface area (Å²) in [6.45, 7) is 8.48. The van der Waals surface area contributed by atoms with Gasteiger partial charge < -0.3 is 15.4 Å². The van der Waals surface area contributed by atoms with E-state index in [0.717, 1.165) is 31.4 Å². The van der Waals surface area contributed by atoms with Crippen LogP contribution in [0.2, 0.25) is 0 Å². The molecule has 1 amide bonds. The first-order valence-corrected chi connectivity index (χ1v) is 7.94. The van der Waals surface area contributed by atoms with E-state index >= 15 is 0 Å². The van der Waals surface area contributed by atoms with E-state index in [0.29, 0.717) is 0 Å². The molecule has 122 valence electrons. The van der Waals surface area contributed by atoms with Gasteiger partial charge in [0.15, 0.2) is 0 Å². The molecule has 0 radical (unpaired) electrons. The number of alkyl carbamates (subject to hydrolysis) is 1. The molecule has 1 fully saturated rings. The predicted octanol–water partition coefficient (Wildman–Crippen LogP) is 3.18. The van der Waals surface area contributed by atoms with E-state index in [4.69, 9.17) is 4.74 Å². The fourth-order valence-corrected chi connectivity index (χ4v) is 2.57. The number of hydrogen-bond acceptors (Lipinski definition) is 4. The summed E-state index contributed by atoms with van der Waals surface area (Å²) in [4.78, 5) is 16.2. The Kier molecular flexibility index (Phi) is 5.06. The van der Waals surface area contributed by atoms with Gasteiger partial charge in [0.05, 0.1) is 5.54 Å². The zero-order valence-corrected chi connectivity index (χ0v) is 14.0. The monoisotopic (exact) mass is 305 g/mol. The highest BCUT2D eigenvalue weighted by atomic mass is 16.6. The summed E-state index contributed by atoms with van der Waals surface area (Å²) in [5, 5.41) is 6.55. The molecule has 1 unspecified atom stereocenters. The molecule has 0 spiro atoms. The van der Waals surface area contributed by atoms with Crippen LogP contribution in [0.5, 0.6) is 0 Å². The summed E-state index contributed by atoms with van der Waals surface area (Å²) >= 11 is 0. The van der Waals surface area contributed by atoms with Gasteiger partial charge in [-0.3, -0.25) is 4.98 Å². The fraction of sp³-hybridized carbons (Fsp3) is 0.647. The number of nitrogens with zero attached hydrogens (tertiary/aromatic N) is 1. The molecule has 0 saturated heterocycles. The number of pyridine rings is 1. The SMILES string of the molecule is CC(NCC1(NC(=O)OC(C)(C)C)CCC1)c1cccnc1. The van der Waals surface area contributed by atoms with E-state index in [1.165, 1.54) is 0 Å². The average Bonchev–Trinajstić information content (AvgIpc) is 2.40. The summed E-state index contributed by atoms with van der Waals surface area (Å²) in [6, 6.07) is 4.19. The van der Waals surface area contributed by atoms with Crippen molar-refractivity contribution in [1.82, 2.24) is 15.6 Å². The number of ether oxygens (including phenoxy) is 1. The number of amides is 1. The first-order chi connectivity index (χ1) is 10.3. The van der Waals surface area contributed by atoms with Crippen molar-refractivity contribution in [2.24, 2.45) is 0 Å². The highest BCUT2D eigenvalue weighted by Gasteiger charge is 2.39. The second kappa shape index (κ2) is 6.65. The number of rotatable bonds is 5. The predicted molar refractivity (Wildman–Crippen MR) is 86.6 cm³/mol. The van der Waals surface area contributed by atoms with Crippen molar-refractivity contribution < 1.29 is 9.53 Å². The van der Waals surface area contributed by atoms with Crippen molar-refractivity contribution in [2.45, 2.75) is 64.1 Å². The normalized spacial score (nSPS) is 18.2. The average molecular weight is 305 g/mol. The van der Waals surface area contributed by atoms with Crippen LogP contribution in [0.25, 0.3) is 0 Å². The van der Waals surface area contributed by atoms with Gasteiger partial charge in [0, 0.05) is 25.0 Å². The molecule has 1 aromatic heterocycles. The molecule has 22 heavy (non-hydrogen) atoms. The number of nitrogens with one attached hydrogen (secondary N) is 2. The smallest absolute Gasteiger partial charge is 0.408 e. The third kappa shape index (κ3) is 4.70. The van der Waals surface area contributed by atoms with Gasteiger partial charge in [-0.1, -0.05) is 6.07 Å². The molecular weight excluding hydrogens is 278 g/mol. The lowest BCUT2D eigenvalue weighted by molar-refractivity contribution is 0.0379. The maximum atomic E-state index is 12.0. The van der Waals surface area contributed by atoms with Crippen LogP contribution in [0, 0.1) is 0 Å². The Labute approximate surface area is 132 Å². The molecule has 2 rings (SSSR count). The van der Waals surface area contributed by atoms with Crippen LogP contribution in [0.1, 0.15) is 58.6 Å². The lowest BCUT2D eigenvalue weighted by Gasteiger charge is -2.43. The molecule has 0 aromatic carbocycles. The third-order valence-corrected chi connectivity index (χ3v) is 4.01. The topological polar surface area (TPSA) is 63.2 Å².